The van der Waals surface area contributed by atoms with Crippen LogP contribution in [0.3, 0.4) is 0 Å². The molecule has 0 bridgehead atoms. The first-order chi connectivity index (χ1) is 12.5. The van der Waals surface area contributed by atoms with Crippen molar-refractivity contribution < 1.29 is 19.3 Å². The van der Waals surface area contributed by atoms with Gasteiger partial charge in [0.25, 0.3) is 5.91 Å². The molecule has 0 fully saturated rings. The zero-order valence-electron chi connectivity index (χ0n) is 15.0. The molecule has 0 saturated heterocycles. The van der Waals surface area contributed by atoms with E-state index in [2.05, 4.69) is 36.6 Å². The highest BCUT2D eigenvalue weighted by Crippen LogP contribution is 2.16. The Hall–Kier alpha value is -2.73. The minimum atomic E-state index is -0.370. The molecular formula is C20H25FN3O2+. The summed E-state index contributed by atoms with van der Waals surface area (Å²) in [5.41, 5.74) is 1.66. The predicted octanol–water partition coefficient (Wildman–Crippen LogP) is 1.84. The number of rotatable bonds is 8. The Morgan fingerprint density at radius 1 is 1.00 bits per heavy atom. The van der Waals surface area contributed by atoms with Crippen LogP contribution in [0.15, 0.2) is 54.6 Å². The summed E-state index contributed by atoms with van der Waals surface area (Å²) in [4.78, 5) is 23.9. The number of carbonyl (C=O) groups excluding carboxylic acids is 2. The van der Waals surface area contributed by atoms with Crippen LogP contribution in [0.25, 0.3) is 0 Å². The highest BCUT2D eigenvalue weighted by atomic mass is 19.1. The van der Waals surface area contributed by atoms with Gasteiger partial charge >= 0.3 is 0 Å². The lowest BCUT2D eigenvalue weighted by Crippen LogP contribution is -2.88. The summed E-state index contributed by atoms with van der Waals surface area (Å²) in [6.45, 7) is 4.34. The number of anilines is 1. The molecule has 1 atom stereocenters. The van der Waals surface area contributed by atoms with Crippen LogP contribution in [-0.4, -0.2) is 24.9 Å². The molecule has 0 radical (unpaired) electrons. The van der Waals surface area contributed by atoms with Gasteiger partial charge in [0.15, 0.2) is 6.54 Å². The number of carbonyl (C=O) groups is 2. The van der Waals surface area contributed by atoms with Gasteiger partial charge in [0.05, 0.1) is 6.54 Å². The third-order valence-electron chi connectivity index (χ3n) is 4.03. The van der Waals surface area contributed by atoms with E-state index >= 15 is 0 Å². The fraction of sp³-hybridized carbons (Fsp3) is 0.300. The minimum absolute atomic E-state index is 0.123. The largest absolute Gasteiger partial charge is 0.342 e. The standard InChI is InChI=1S/C20H24FN3O2/c1-14(2)20(15-6-4-3-5-7-15)23-12-18(25)22-13-19(26)24-17-10-8-16(21)9-11-17/h3-11,14,20,23H,12-13H2,1-2H3,(H,22,25)(H,24,26)/p+1/t20-/m0/s1. The van der Waals surface area contributed by atoms with Gasteiger partial charge in [0, 0.05) is 17.2 Å². The third kappa shape index (κ3) is 6.29. The zero-order chi connectivity index (χ0) is 18.9. The summed E-state index contributed by atoms with van der Waals surface area (Å²) >= 11 is 0. The monoisotopic (exact) mass is 358 g/mol. The summed E-state index contributed by atoms with van der Waals surface area (Å²) in [6, 6.07) is 15.7. The van der Waals surface area contributed by atoms with Crippen molar-refractivity contribution in [2.75, 3.05) is 18.4 Å². The molecule has 0 aliphatic heterocycles. The van der Waals surface area contributed by atoms with Crippen LogP contribution in [0.2, 0.25) is 0 Å². The number of hydrogen-bond donors (Lipinski definition) is 3. The SMILES string of the molecule is CC(C)[C@H]([NH2+]CC(=O)NCC(=O)Nc1ccc(F)cc1)c1ccccc1. The molecule has 5 nitrogen and oxygen atoms in total. The Bertz CT molecular complexity index is 718. The summed E-state index contributed by atoms with van der Waals surface area (Å²) < 4.78 is 12.8. The normalized spacial score (nSPS) is 11.8. The average Bonchev–Trinajstić information content (AvgIpc) is 2.63. The van der Waals surface area contributed by atoms with Crippen molar-refractivity contribution in [1.82, 2.24) is 5.32 Å². The third-order valence-corrected chi connectivity index (χ3v) is 4.03. The van der Waals surface area contributed by atoms with Gasteiger partial charge in [-0.3, -0.25) is 9.59 Å². The summed E-state index contributed by atoms with van der Waals surface area (Å²) in [5.74, 6) is -0.564. The number of benzene rings is 2. The highest BCUT2D eigenvalue weighted by Gasteiger charge is 2.20. The van der Waals surface area contributed by atoms with E-state index in [4.69, 9.17) is 0 Å². The molecule has 0 unspecified atom stereocenters. The smallest absolute Gasteiger partial charge is 0.275 e. The molecule has 138 valence electrons. The van der Waals surface area contributed by atoms with Crippen LogP contribution in [0, 0.1) is 11.7 Å². The van der Waals surface area contributed by atoms with Gasteiger partial charge in [-0.15, -0.1) is 0 Å². The van der Waals surface area contributed by atoms with Crippen molar-refractivity contribution in [2.45, 2.75) is 19.9 Å². The second-order valence-corrected chi connectivity index (χ2v) is 6.45. The Balaban J connectivity index is 1.77. The molecule has 0 aliphatic carbocycles. The van der Waals surface area contributed by atoms with E-state index in [1.165, 1.54) is 29.8 Å². The highest BCUT2D eigenvalue weighted by molar-refractivity contribution is 5.94. The molecule has 6 heteroatoms. The Kier molecular flexibility index (Phi) is 7.29. The number of hydrogen-bond acceptors (Lipinski definition) is 2. The van der Waals surface area contributed by atoms with Crippen LogP contribution < -0.4 is 16.0 Å². The molecule has 2 rings (SSSR count). The summed E-state index contributed by atoms with van der Waals surface area (Å²) in [6.07, 6.45) is 0. The average molecular weight is 358 g/mol. The Morgan fingerprint density at radius 2 is 1.65 bits per heavy atom. The number of quaternary nitrogens is 1. The topological polar surface area (TPSA) is 74.8 Å². The van der Waals surface area contributed by atoms with Crippen molar-refractivity contribution in [2.24, 2.45) is 5.92 Å². The number of halogens is 1. The van der Waals surface area contributed by atoms with Gasteiger partial charge in [0.1, 0.15) is 11.9 Å². The number of amides is 2. The lowest BCUT2D eigenvalue weighted by Gasteiger charge is -2.19. The van der Waals surface area contributed by atoms with Crippen LogP contribution in [0.5, 0.6) is 0 Å². The van der Waals surface area contributed by atoms with Gasteiger partial charge < -0.3 is 16.0 Å². The molecule has 0 heterocycles. The molecule has 0 aromatic heterocycles. The molecule has 0 spiro atoms. The zero-order valence-corrected chi connectivity index (χ0v) is 15.0. The molecule has 0 saturated carbocycles. The van der Waals surface area contributed by atoms with Crippen LogP contribution >= 0.6 is 0 Å². The molecule has 26 heavy (non-hydrogen) atoms. The Labute approximate surface area is 153 Å². The van der Waals surface area contributed by atoms with Crippen LogP contribution in [0.1, 0.15) is 25.5 Å². The van der Waals surface area contributed by atoms with E-state index in [9.17, 15) is 14.0 Å². The van der Waals surface area contributed by atoms with Crippen molar-refractivity contribution in [1.29, 1.82) is 0 Å². The van der Waals surface area contributed by atoms with E-state index in [1.54, 1.807) is 0 Å². The van der Waals surface area contributed by atoms with E-state index in [0.717, 1.165) is 0 Å². The molecule has 4 N–H and O–H groups in total. The second kappa shape index (κ2) is 9.68. The van der Waals surface area contributed by atoms with E-state index < -0.39 is 0 Å². The van der Waals surface area contributed by atoms with Crippen LogP contribution in [-0.2, 0) is 9.59 Å². The fourth-order valence-electron chi connectivity index (χ4n) is 2.69. The maximum absolute atomic E-state index is 12.8. The van der Waals surface area contributed by atoms with E-state index in [1.807, 2.05) is 23.5 Å². The maximum atomic E-state index is 12.8. The van der Waals surface area contributed by atoms with Crippen LogP contribution in [0.4, 0.5) is 10.1 Å². The second-order valence-electron chi connectivity index (χ2n) is 6.45. The van der Waals surface area contributed by atoms with Gasteiger partial charge in [-0.25, -0.2) is 4.39 Å². The van der Waals surface area contributed by atoms with Crippen molar-refractivity contribution in [3.05, 3.63) is 66.0 Å². The molecular weight excluding hydrogens is 333 g/mol. The van der Waals surface area contributed by atoms with Gasteiger partial charge in [-0.1, -0.05) is 44.2 Å². The van der Waals surface area contributed by atoms with Gasteiger partial charge in [-0.05, 0) is 24.3 Å². The first kappa shape index (κ1) is 19.6. The summed E-state index contributed by atoms with van der Waals surface area (Å²) in [7, 11) is 0. The molecule has 2 aromatic carbocycles. The summed E-state index contributed by atoms with van der Waals surface area (Å²) in [5, 5.41) is 7.19. The molecule has 2 aromatic rings. The fourth-order valence-corrected chi connectivity index (χ4v) is 2.69. The number of nitrogens with one attached hydrogen (secondary N) is 2. The first-order valence-corrected chi connectivity index (χ1v) is 8.66. The minimum Gasteiger partial charge on any atom is -0.342 e. The van der Waals surface area contributed by atoms with Gasteiger partial charge in [-0.2, -0.15) is 0 Å². The van der Waals surface area contributed by atoms with E-state index in [-0.39, 0.29) is 36.8 Å². The predicted molar refractivity (Wildman–Crippen MR) is 98.9 cm³/mol. The maximum Gasteiger partial charge on any atom is 0.275 e. The molecule has 0 aliphatic rings. The Morgan fingerprint density at radius 3 is 2.27 bits per heavy atom. The van der Waals surface area contributed by atoms with Crippen molar-refractivity contribution in [3.8, 4) is 0 Å². The lowest BCUT2D eigenvalue weighted by molar-refractivity contribution is -0.692. The number of nitrogens with two attached hydrogens (primary N) is 1. The quantitative estimate of drug-likeness (QED) is 0.674. The van der Waals surface area contributed by atoms with Crippen molar-refractivity contribution >= 4 is 17.5 Å². The molecule has 2 amide bonds. The van der Waals surface area contributed by atoms with Gasteiger partial charge in [0.2, 0.25) is 5.91 Å². The van der Waals surface area contributed by atoms with E-state index in [0.29, 0.717) is 11.6 Å². The van der Waals surface area contributed by atoms with Crippen molar-refractivity contribution in [3.63, 3.8) is 0 Å². The first-order valence-electron chi connectivity index (χ1n) is 8.66. The lowest BCUT2D eigenvalue weighted by atomic mass is 9.96.